The maximum Gasteiger partial charge on any atom is 0.236 e. The third kappa shape index (κ3) is 4.55. The topological polar surface area (TPSA) is 58.4 Å². The van der Waals surface area contributed by atoms with Crippen LogP contribution in [-0.2, 0) is 11.3 Å². The summed E-state index contributed by atoms with van der Waals surface area (Å²) < 4.78 is 0. The molecule has 1 aromatic rings. The van der Waals surface area contributed by atoms with Crippen molar-refractivity contribution < 1.29 is 4.79 Å². The van der Waals surface area contributed by atoms with Crippen molar-refractivity contribution in [3.05, 3.63) is 35.9 Å². The highest BCUT2D eigenvalue weighted by Gasteiger charge is 2.31. The lowest BCUT2D eigenvalue weighted by atomic mass is 9.88. The van der Waals surface area contributed by atoms with E-state index >= 15 is 0 Å². The Morgan fingerprint density at radius 3 is 2.64 bits per heavy atom. The molecule has 1 saturated carbocycles. The summed E-state index contributed by atoms with van der Waals surface area (Å²) in [5, 5.41) is 3.16. The van der Waals surface area contributed by atoms with E-state index in [9.17, 15) is 4.79 Å². The molecule has 0 saturated heterocycles. The minimum absolute atomic E-state index is 0.0346. The van der Waals surface area contributed by atoms with Gasteiger partial charge in [-0.25, -0.2) is 0 Å². The Bertz CT molecular complexity index is 461. The second-order valence-electron chi connectivity index (χ2n) is 6.30. The van der Waals surface area contributed by atoms with Crippen molar-refractivity contribution in [2.75, 3.05) is 6.54 Å². The smallest absolute Gasteiger partial charge is 0.236 e. The van der Waals surface area contributed by atoms with Crippen LogP contribution in [0.2, 0.25) is 0 Å². The van der Waals surface area contributed by atoms with E-state index in [1.165, 1.54) is 18.4 Å². The van der Waals surface area contributed by atoms with Crippen LogP contribution >= 0.6 is 0 Å². The van der Waals surface area contributed by atoms with Crippen molar-refractivity contribution in [3.63, 3.8) is 0 Å². The first-order chi connectivity index (χ1) is 10.6. The predicted octanol–water partition coefficient (Wildman–Crippen LogP) is 2.28. The van der Waals surface area contributed by atoms with E-state index in [1.54, 1.807) is 6.92 Å². The van der Waals surface area contributed by atoms with Gasteiger partial charge in [0.1, 0.15) is 0 Å². The van der Waals surface area contributed by atoms with Crippen molar-refractivity contribution in [1.29, 1.82) is 0 Å². The van der Waals surface area contributed by atoms with Gasteiger partial charge in [-0.2, -0.15) is 0 Å². The second kappa shape index (κ2) is 8.30. The van der Waals surface area contributed by atoms with Crippen LogP contribution in [-0.4, -0.2) is 35.5 Å². The highest BCUT2D eigenvalue weighted by Crippen LogP contribution is 2.24. The lowest BCUT2D eigenvalue weighted by Gasteiger charge is -2.40. The monoisotopic (exact) mass is 303 g/mol. The van der Waals surface area contributed by atoms with Gasteiger partial charge < -0.3 is 11.1 Å². The maximum atomic E-state index is 12.0. The molecule has 4 heteroatoms. The molecular weight excluding hydrogens is 274 g/mol. The molecule has 0 heterocycles. The van der Waals surface area contributed by atoms with Crippen molar-refractivity contribution in [1.82, 2.24) is 10.2 Å². The molecule has 1 aliphatic carbocycles. The number of carbonyl (C=O) groups is 1. The minimum atomic E-state index is -0.438. The Morgan fingerprint density at radius 2 is 2.00 bits per heavy atom. The van der Waals surface area contributed by atoms with Crippen LogP contribution in [0.3, 0.4) is 0 Å². The predicted molar refractivity (Wildman–Crippen MR) is 90.4 cm³/mol. The molecule has 4 nitrogen and oxygen atoms in total. The molecule has 0 aliphatic heterocycles. The Morgan fingerprint density at radius 1 is 1.32 bits per heavy atom. The van der Waals surface area contributed by atoms with Crippen LogP contribution in [0.5, 0.6) is 0 Å². The van der Waals surface area contributed by atoms with E-state index in [0.717, 1.165) is 25.9 Å². The van der Waals surface area contributed by atoms with Gasteiger partial charge in [-0.3, -0.25) is 9.69 Å². The van der Waals surface area contributed by atoms with E-state index in [4.69, 9.17) is 5.73 Å². The standard InChI is InChI=1S/C18H29N3O/c1-3-21(13-15-9-5-4-6-10-15)17-12-8-7-11-16(17)20-18(22)14(2)19/h4-6,9-10,14,16-17H,3,7-8,11-13,19H2,1-2H3,(H,20,22)/t14-,16?,17?/m0/s1. The van der Waals surface area contributed by atoms with Gasteiger partial charge in [-0.15, -0.1) is 0 Å². The fraction of sp³-hybridized carbons (Fsp3) is 0.611. The molecule has 1 amide bonds. The number of carbonyl (C=O) groups excluding carboxylic acids is 1. The van der Waals surface area contributed by atoms with Gasteiger partial charge in [0, 0.05) is 18.6 Å². The molecule has 1 aromatic carbocycles. The van der Waals surface area contributed by atoms with Gasteiger partial charge in [-0.1, -0.05) is 50.1 Å². The number of amides is 1. The first-order valence-electron chi connectivity index (χ1n) is 8.45. The average molecular weight is 303 g/mol. The lowest BCUT2D eigenvalue weighted by Crippen LogP contribution is -2.55. The molecule has 0 bridgehead atoms. The summed E-state index contributed by atoms with van der Waals surface area (Å²) in [6.45, 7) is 5.87. The van der Waals surface area contributed by atoms with Crippen molar-refractivity contribution in [3.8, 4) is 0 Å². The van der Waals surface area contributed by atoms with Crippen LogP contribution in [0.4, 0.5) is 0 Å². The summed E-state index contributed by atoms with van der Waals surface area (Å²) in [5.41, 5.74) is 7.03. The van der Waals surface area contributed by atoms with Crippen molar-refractivity contribution >= 4 is 5.91 Å². The zero-order valence-corrected chi connectivity index (χ0v) is 13.8. The summed E-state index contributed by atoms with van der Waals surface area (Å²) in [6, 6.07) is 10.7. The normalized spacial score (nSPS) is 23.3. The first-order valence-corrected chi connectivity index (χ1v) is 8.45. The first kappa shape index (κ1) is 17.0. The van der Waals surface area contributed by atoms with E-state index < -0.39 is 6.04 Å². The largest absolute Gasteiger partial charge is 0.350 e. The molecule has 122 valence electrons. The second-order valence-corrected chi connectivity index (χ2v) is 6.30. The molecule has 2 unspecified atom stereocenters. The van der Waals surface area contributed by atoms with Crippen LogP contribution in [0, 0.1) is 0 Å². The third-order valence-electron chi connectivity index (χ3n) is 4.57. The SMILES string of the molecule is CCN(Cc1ccccc1)C1CCCCC1NC(=O)[C@H](C)N. The number of hydrogen-bond donors (Lipinski definition) is 2. The lowest BCUT2D eigenvalue weighted by molar-refractivity contribution is -0.123. The van der Waals surface area contributed by atoms with Gasteiger partial charge >= 0.3 is 0 Å². The minimum Gasteiger partial charge on any atom is -0.350 e. The molecule has 2 rings (SSSR count). The summed E-state index contributed by atoms with van der Waals surface area (Å²) in [4.78, 5) is 14.5. The molecule has 0 radical (unpaired) electrons. The summed E-state index contributed by atoms with van der Waals surface area (Å²) in [5.74, 6) is -0.0346. The zero-order chi connectivity index (χ0) is 15.9. The molecule has 3 N–H and O–H groups in total. The summed E-state index contributed by atoms with van der Waals surface area (Å²) in [6.07, 6.45) is 4.61. The molecular formula is C18H29N3O. The molecule has 22 heavy (non-hydrogen) atoms. The van der Waals surface area contributed by atoms with E-state index in [-0.39, 0.29) is 11.9 Å². The number of nitrogens with zero attached hydrogens (tertiary/aromatic N) is 1. The summed E-state index contributed by atoms with van der Waals surface area (Å²) >= 11 is 0. The van der Waals surface area contributed by atoms with Crippen molar-refractivity contribution in [2.45, 2.75) is 64.2 Å². The number of benzene rings is 1. The number of hydrogen-bond acceptors (Lipinski definition) is 3. The Kier molecular flexibility index (Phi) is 6.40. The van der Waals surface area contributed by atoms with E-state index in [0.29, 0.717) is 6.04 Å². The fourth-order valence-corrected chi connectivity index (χ4v) is 3.31. The van der Waals surface area contributed by atoms with Gasteiger partial charge in [-0.05, 0) is 31.9 Å². The zero-order valence-electron chi connectivity index (χ0n) is 13.8. The Balaban J connectivity index is 2.05. The molecule has 1 aliphatic rings. The van der Waals surface area contributed by atoms with Crippen LogP contribution in [0.15, 0.2) is 30.3 Å². The Hall–Kier alpha value is -1.39. The van der Waals surface area contributed by atoms with E-state index in [2.05, 4.69) is 41.4 Å². The van der Waals surface area contributed by atoms with Gasteiger partial charge in [0.15, 0.2) is 0 Å². The average Bonchev–Trinajstić information content (AvgIpc) is 2.54. The Labute approximate surface area is 134 Å². The highest BCUT2D eigenvalue weighted by molar-refractivity contribution is 5.81. The summed E-state index contributed by atoms with van der Waals surface area (Å²) in [7, 11) is 0. The van der Waals surface area contributed by atoms with Crippen LogP contribution in [0.1, 0.15) is 45.1 Å². The van der Waals surface area contributed by atoms with Gasteiger partial charge in [0.05, 0.1) is 6.04 Å². The van der Waals surface area contributed by atoms with E-state index in [1.807, 2.05) is 6.07 Å². The molecule has 1 fully saturated rings. The van der Waals surface area contributed by atoms with Gasteiger partial charge in [0.2, 0.25) is 5.91 Å². The van der Waals surface area contributed by atoms with Crippen LogP contribution in [0.25, 0.3) is 0 Å². The number of likely N-dealkylation sites (N-methyl/N-ethyl adjacent to an activating group) is 1. The third-order valence-corrected chi connectivity index (χ3v) is 4.57. The molecule has 0 aromatic heterocycles. The quantitative estimate of drug-likeness (QED) is 0.847. The van der Waals surface area contributed by atoms with Gasteiger partial charge in [0.25, 0.3) is 0 Å². The molecule has 0 spiro atoms. The highest BCUT2D eigenvalue weighted by atomic mass is 16.2. The number of nitrogens with one attached hydrogen (secondary N) is 1. The van der Waals surface area contributed by atoms with Crippen molar-refractivity contribution in [2.24, 2.45) is 5.73 Å². The fourth-order valence-electron chi connectivity index (χ4n) is 3.31. The maximum absolute atomic E-state index is 12.0. The molecule has 3 atom stereocenters. The number of nitrogens with two attached hydrogens (primary N) is 1. The van der Waals surface area contributed by atoms with Crippen LogP contribution < -0.4 is 11.1 Å². The number of rotatable bonds is 6.